The Balaban J connectivity index is -0.000000122. The van der Waals surface area contributed by atoms with E-state index in [1.165, 1.54) is 12.0 Å². The molecule has 1 rings (SSSR count). The summed E-state index contributed by atoms with van der Waals surface area (Å²) in [5, 5.41) is 11.9. The molecule has 3 nitrogen and oxygen atoms in total. The van der Waals surface area contributed by atoms with Crippen molar-refractivity contribution in [1.29, 1.82) is 0 Å². The van der Waals surface area contributed by atoms with E-state index in [-0.39, 0.29) is 21.7 Å². The van der Waals surface area contributed by atoms with E-state index in [0.717, 1.165) is 45.7 Å². The summed E-state index contributed by atoms with van der Waals surface area (Å²) in [6.07, 6.45) is 9.93. The molecular formula is C21H43N3Ti. The van der Waals surface area contributed by atoms with Gasteiger partial charge in [-0.15, -0.1) is 6.42 Å². The van der Waals surface area contributed by atoms with Crippen molar-refractivity contribution < 1.29 is 21.7 Å². The minimum absolute atomic E-state index is 0. The second-order valence-electron chi connectivity index (χ2n) is 5.12. The van der Waals surface area contributed by atoms with E-state index in [1.54, 1.807) is 0 Å². The zero-order valence-electron chi connectivity index (χ0n) is 18.2. The average molecular weight is 385 g/mol. The molecule has 0 amide bonds. The fourth-order valence-electron chi connectivity index (χ4n) is 1.65. The van der Waals surface area contributed by atoms with Crippen LogP contribution in [0.3, 0.4) is 0 Å². The Morgan fingerprint density at radius 3 is 1.32 bits per heavy atom. The molecule has 1 atom stereocenters. The normalized spacial score (nSPS) is 12.2. The van der Waals surface area contributed by atoms with Gasteiger partial charge in [-0.05, 0) is 0 Å². The van der Waals surface area contributed by atoms with Crippen molar-refractivity contribution in [2.75, 3.05) is 39.3 Å². The van der Waals surface area contributed by atoms with Crippen molar-refractivity contribution in [2.45, 2.75) is 68.2 Å². The molecule has 0 aromatic heterocycles. The van der Waals surface area contributed by atoms with Crippen LogP contribution in [0.4, 0.5) is 0 Å². The summed E-state index contributed by atoms with van der Waals surface area (Å²) >= 11 is 0. The molecule has 0 aromatic carbocycles. The van der Waals surface area contributed by atoms with Gasteiger partial charge < -0.3 is 16.0 Å². The Bertz CT molecular complexity index is 246. The third kappa shape index (κ3) is 32.2. The van der Waals surface area contributed by atoms with E-state index in [1.807, 2.05) is 41.5 Å². The summed E-state index contributed by atoms with van der Waals surface area (Å²) in [5.41, 5.74) is 1.40. The maximum Gasteiger partial charge on any atom is 4.00 e. The van der Waals surface area contributed by atoms with Gasteiger partial charge in [0.05, 0.1) is 0 Å². The molecule has 0 N–H and O–H groups in total. The zero-order chi connectivity index (χ0) is 19.1. The largest absolute Gasteiger partial charge is 4.00 e. The van der Waals surface area contributed by atoms with E-state index in [9.17, 15) is 0 Å². The van der Waals surface area contributed by atoms with Crippen LogP contribution in [0.25, 0.3) is 16.0 Å². The predicted molar refractivity (Wildman–Crippen MR) is 113 cm³/mol. The van der Waals surface area contributed by atoms with Gasteiger partial charge in [0, 0.05) is 0 Å². The molecule has 0 fully saturated rings. The molecule has 1 aliphatic rings. The maximum absolute atomic E-state index is 3.97. The molecule has 0 saturated carbocycles. The summed E-state index contributed by atoms with van der Waals surface area (Å²) in [6.45, 7) is 22.5. The second kappa shape index (κ2) is 31.8. The molecular weight excluding hydrogens is 342 g/mol. The molecule has 0 spiro atoms. The number of hydrogen-bond donors (Lipinski definition) is 0. The monoisotopic (exact) mass is 385 g/mol. The van der Waals surface area contributed by atoms with Crippen LogP contribution < -0.4 is 0 Å². The number of hydrogen-bond acceptors (Lipinski definition) is 0. The van der Waals surface area contributed by atoms with Crippen molar-refractivity contribution in [1.82, 2.24) is 0 Å². The SMILES string of the molecule is CCC(C)C1=[C-]CC=C1.CC[N-]CC.CC[N-]CC.CC[N-]CC.[Ti+4]. The van der Waals surface area contributed by atoms with Gasteiger partial charge in [-0.1, -0.05) is 67.7 Å². The third-order valence-corrected chi connectivity index (χ3v) is 3.21. The Morgan fingerprint density at radius 1 is 0.800 bits per heavy atom. The van der Waals surface area contributed by atoms with Crippen molar-refractivity contribution in [2.24, 2.45) is 5.92 Å². The maximum atomic E-state index is 3.97. The Hall–Kier alpha value is 0.0743. The molecule has 0 bridgehead atoms. The fraction of sp³-hybridized carbons (Fsp3) is 0.810. The van der Waals surface area contributed by atoms with E-state index in [0.29, 0.717) is 5.92 Å². The van der Waals surface area contributed by atoms with Gasteiger partial charge >= 0.3 is 21.7 Å². The Kier molecular flexibility index (Phi) is 41.6. The smallest absolute Gasteiger partial charge is 0.663 e. The van der Waals surface area contributed by atoms with E-state index in [4.69, 9.17) is 0 Å². The van der Waals surface area contributed by atoms with Gasteiger partial charge in [0.2, 0.25) is 0 Å². The van der Waals surface area contributed by atoms with E-state index >= 15 is 0 Å². The first-order valence-electron chi connectivity index (χ1n) is 9.76. The molecule has 1 unspecified atom stereocenters. The molecule has 0 saturated heterocycles. The Morgan fingerprint density at radius 2 is 1.16 bits per heavy atom. The first-order chi connectivity index (χ1) is 11.6. The second-order valence-corrected chi connectivity index (χ2v) is 5.12. The molecule has 0 aliphatic heterocycles. The first kappa shape index (κ1) is 32.7. The topological polar surface area (TPSA) is 42.3 Å². The summed E-state index contributed by atoms with van der Waals surface area (Å²) in [7, 11) is 0. The van der Waals surface area contributed by atoms with Crippen LogP contribution in [-0.2, 0) is 21.7 Å². The third-order valence-electron chi connectivity index (χ3n) is 3.21. The van der Waals surface area contributed by atoms with Crippen molar-refractivity contribution in [3.8, 4) is 0 Å². The Labute approximate surface area is 174 Å². The van der Waals surface area contributed by atoms with Crippen LogP contribution >= 0.6 is 0 Å². The minimum atomic E-state index is 0. The van der Waals surface area contributed by atoms with Gasteiger partial charge in [-0.3, -0.25) is 6.08 Å². The van der Waals surface area contributed by atoms with Crippen molar-refractivity contribution >= 4 is 0 Å². The first-order valence-corrected chi connectivity index (χ1v) is 9.76. The van der Waals surface area contributed by atoms with Gasteiger partial charge in [0.25, 0.3) is 0 Å². The van der Waals surface area contributed by atoms with Gasteiger partial charge in [0.15, 0.2) is 0 Å². The van der Waals surface area contributed by atoms with Crippen LogP contribution in [0.5, 0.6) is 0 Å². The van der Waals surface area contributed by atoms with Crippen LogP contribution in [0, 0.1) is 12.0 Å². The molecule has 1 aliphatic carbocycles. The molecule has 0 aromatic rings. The van der Waals surface area contributed by atoms with Gasteiger partial charge in [-0.25, -0.2) is 11.6 Å². The molecule has 4 heteroatoms. The standard InChI is InChI=1S/C9H13.3C4H10N.Ti/c1-3-8(2)9-6-4-5-7-9;3*1-3-5-4-2;/h4,6,8H,3,5H2,1-2H3;3*3-4H2,1-2H3;/q4*-1;+4. The van der Waals surface area contributed by atoms with Crippen LogP contribution in [0.15, 0.2) is 17.7 Å². The average Bonchev–Trinajstić information content (AvgIpc) is 3.13. The molecule has 25 heavy (non-hydrogen) atoms. The summed E-state index contributed by atoms with van der Waals surface area (Å²) in [6, 6.07) is 0. The zero-order valence-corrected chi connectivity index (χ0v) is 19.8. The summed E-state index contributed by atoms with van der Waals surface area (Å²) < 4.78 is 0. The number of rotatable bonds is 8. The summed E-state index contributed by atoms with van der Waals surface area (Å²) in [4.78, 5) is 0. The van der Waals surface area contributed by atoms with Crippen molar-refractivity contribution in [3.05, 3.63) is 39.8 Å². The summed E-state index contributed by atoms with van der Waals surface area (Å²) in [5.74, 6) is 0.712. The van der Waals surface area contributed by atoms with Crippen LogP contribution in [0.1, 0.15) is 68.2 Å². The van der Waals surface area contributed by atoms with Gasteiger partial charge in [-0.2, -0.15) is 45.3 Å². The molecule has 146 valence electrons. The van der Waals surface area contributed by atoms with Crippen LogP contribution in [-0.4, -0.2) is 39.3 Å². The fourth-order valence-corrected chi connectivity index (χ4v) is 1.65. The molecule has 0 radical (unpaired) electrons. The van der Waals surface area contributed by atoms with Crippen LogP contribution in [0.2, 0.25) is 0 Å². The number of allylic oxidation sites excluding steroid dienone is 4. The van der Waals surface area contributed by atoms with E-state index < -0.39 is 0 Å². The van der Waals surface area contributed by atoms with Gasteiger partial charge in [0.1, 0.15) is 0 Å². The number of nitrogens with zero attached hydrogens (tertiary/aromatic N) is 3. The molecule has 0 heterocycles. The quantitative estimate of drug-likeness (QED) is 0.321. The predicted octanol–water partition coefficient (Wildman–Crippen LogP) is 6.92. The van der Waals surface area contributed by atoms with Crippen molar-refractivity contribution in [3.63, 3.8) is 0 Å². The van der Waals surface area contributed by atoms with E-state index in [2.05, 4.69) is 48.0 Å². The minimum Gasteiger partial charge on any atom is -0.663 e.